The molecule has 1 aliphatic heterocycles. The largest absolute Gasteiger partial charge is 0.379 e. The van der Waals surface area contributed by atoms with E-state index in [9.17, 15) is 4.79 Å². The molecular formula is C14H19ClN2O2. The molecule has 1 heterocycles. The molecule has 104 valence electrons. The van der Waals surface area contributed by atoms with E-state index in [1.807, 2.05) is 32.0 Å². The van der Waals surface area contributed by atoms with Gasteiger partial charge in [0.25, 0.3) is 0 Å². The monoisotopic (exact) mass is 282 g/mol. The Labute approximate surface area is 118 Å². The Bertz CT molecular complexity index is 465. The second-order valence-electron chi connectivity index (χ2n) is 4.71. The number of hydrogen-bond acceptors (Lipinski definition) is 3. The number of carbonyl (C=O) groups is 1. The summed E-state index contributed by atoms with van der Waals surface area (Å²) in [5, 5.41) is 6.87. The number of hydrogen-bond donors (Lipinski definition) is 2. The SMILES string of the molecule is CCNC1COCC1C(=O)Nc1cccc(Cl)c1C. The molecule has 1 aromatic rings. The lowest BCUT2D eigenvalue weighted by molar-refractivity contribution is -0.120. The zero-order chi connectivity index (χ0) is 13.8. The molecule has 0 saturated carbocycles. The number of anilines is 1. The lowest BCUT2D eigenvalue weighted by atomic mass is 10.0. The number of halogens is 1. The quantitative estimate of drug-likeness (QED) is 0.890. The van der Waals surface area contributed by atoms with Crippen molar-refractivity contribution in [1.82, 2.24) is 5.32 Å². The van der Waals surface area contributed by atoms with Crippen molar-refractivity contribution in [2.45, 2.75) is 19.9 Å². The van der Waals surface area contributed by atoms with Crippen LogP contribution in [-0.4, -0.2) is 31.7 Å². The second-order valence-corrected chi connectivity index (χ2v) is 5.12. The normalized spacial score (nSPS) is 22.5. The molecule has 5 heteroatoms. The molecular weight excluding hydrogens is 264 g/mol. The van der Waals surface area contributed by atoms with Crippen LogP contribution in [0.3, 0.4) is 0 Å². The summed E-state index contributed by atoms with van der Waals surface area (Å²) >= 11 is 6.05. The summed E-state index contributed by atoms with van der Waals surface area (Å²) in [6.45, 7) is 5.79. The average Bonchev–Trinajstić information content (AvgIpc) is 2.84. The average molecular weight is 283 g/mol. The number of nitrogens with one attached hydrogen (secondary N) is 2. The van der Waals surface area contributed by atoms with E-state index < -0.39 is 0 Å². The van der Waals surface area contributed by atoms with Crippen LogP contribution in [0.5, 0.6) is 0 Å². The lowest BCUT2D eigenvalue weighted by Gasteiger charge is -2.18. The predicted octanol–water partition coefficient (Wildman–Crippen LogP) is 2.21. The highest BCUT2D eigenvalue weighted by Crippen LogP contribution is 2.24. The molecule has 1 saturated heterocycles. The van der Waals surface area contributed by atoms with Gasteiger partial charge in [0.1, 0.15) is 0 Å². The Morgan fingerprint density at radius 2 is 2.26 bits per heavy atom. The van der Waals surface area contributed by atoms with E-state index in [2.05, 4.69) is 10.6 Å². The Balaban J connectivity index is 2.06. The maximum Gasteiger partial charge on any atom is 0.231 e. The molecule has 2 rings (SSSR count). The van der Waals surface area contributed by atoms with Gasteiger partial charge in [0.15, 0.2) is 0 Å². The van der Waals surface area contributed by atoms with Crippen LogP contribution in [-0.2, 0) is 9.53 Å². The van der Waals surface area contributed by atoms with E-state index in [-0.39, 0.29) is 17.9 Å². The Hall–Kier alpha value is -1.10. The molecule has 2 atom stereocenters. The summed E-state index contributed by atoms with van der Waals surface area (Å²) in [6, 6.07) is 5.59. The zero-order valence-corrected chi connectivity index (χ0v) is 12.0. The summed E-state index contributed by atoms with van der Waals surface area (Å²) in [7, 11) is 0. The van der Waals surface area contributed by atoms with Gasteiger partial charge in [-0.05, 0) is 31.2 Å². The Kier molecular flexibility index (Phi) is 4.80. The van der Waals surface area contributed by atoms with Gasteiger partial charge >= 0.3 is 0 Å². The van der Waals surface area contributed by atoms with Gasteiger partial charge in [-0.1, -0.05) is 24.6 Å². The number of likely N-dealkylation sites (N-methyl/N-ethyl adjacent to an activating group) is 1. The fourth-order valence-electron chi connectivity index (χ4n) is 2.24. The minimum absolute atomic E-state index is 0.0196. The number of ether oxygens (including phenoxy) is 1. The summed E-state index contributed by atoms with van der Waals surface area (Å²) in [5.74, 6) is -0.174. The maximum atomic E-state index is 12.3. The van der Waals surface area contributed by atoms with Crippen LogP contribution in [0, 0.1) is 12.8 Å². The van der Waals surface area contributed by atoms with E-state index in [1.54, 1.807) is 0 Å². The first-order chi connectivity index (χ1) is 9.13. The molecule has 2 unspecified atom stereocenters. The molecule has 1 aliphatic rings. The van der Waals surface area contributed by atoms with Crippen LogP contribution in [0.2, 0.25) is 5.02 Å². The minimum Gasteiger partial charge on any atom is -0.379 e. The van der Waals surface area contributed by atoms with Gasteiger partial charge in [-0.25, -0.2) is 0 Å². The first-order valence-electron chi connectivity index (χ1n) is 6.50. The molecule has 1 aromatic carbocycles. The van der Waals surface area contributed by atoms with Gasteiger partial charge in [0.05, 0.1) is 19.1 Å². The molecule has 1 amide bonds. The van der Waals surface area contributed by atoms with Crippen LogP contribution < -0.4 is 10.6 Å². The van der Waals surface area contributed by atoms with Crippen LogP contribution in [0.4, 0.5) is 5.69 Å². The van der Waals surface area contributed by atoms with Crippen LogP contribution in [0.25, 0.3) is 0 Å². The second kappa shape index (κ2) is 6.37. The molecule has 0 radical (unpaired) electrons. The zero-order valence-electron chi connectivity index (χ0n) is 11.2. The summed E-state index contributed by atoms with van der Waals surface area (Å²) < 4.78 is 5.39. The van der Waals surface area contributed by atoms with Crippen LogP contribution in [0.15, 0.2) is 18.2 Å². The van der Waals surface area contributed by atoms with E-state index in [0.717, 1.165) is 17.8 Å². The first kappa shape index (κ1) is 14.3. The van der Waals surface area contributed by atoms with Crippen molar-refractivity contribution in [3.8, 4) is 0 Å². The van der Waals surface area contributed by atoms with Crippen LogP contribution >= 0.6 is 11.6 Å². The van der Waals surface area contributed by atoms with Crippen molar-refractivity contribution in [3.63, 3.8) is 0 Å². The first-order valence-corrected chi connectivity index (χ1v) is 6.88. The summed E-state index contributed by atoms with van der Waals surface area (Å²) in [6.07, 6.45) is 0. The fraction of sp³-hybridized carbons (Fsp3) is 0.500. The fourth-order valence-corrected chi connectivity index (χ4v) is 2.42. The number of rotatable bonds is 4. The maximum absolute atomic E-state index is 12.3. The van der Waals surface area contributed by atoms with Crippen molar-refractivity contribution >= 4 is 23.2 Å². The highest BCUT2D eigenvalue weighted by molar-refractivity contribution is 6.31. The highest BCUT2D eigenvalue weighted by Gasteiger charge is 2.33. The minimum atomic E-state index is -0.154. The van der Waals surface area contributed by atoms with Gasteiger partial charge in [0.2, 0.25) is 5.91 Å². The third-order valence-electron chi connectivity index (χ3n) is 3.41. The van der Waals surface area contributed by atoms with E-state index >= 15 is 0 Å². The summed E-state index contributed by atoms with van der Waals surface area (Å²) in [4.78, 5) is 12.3. The van der Waals surface area contributed by atoms with Gasteiger partial charge in [-0.3, -0.25) is 4.79 Å². The van der Waals surface area contributed by atoms with Gasteiger partial charge in [-0.2, -0.15) is 0 Å². The molecule has 2 N–H and O–H groups in total. The highest BCUT2D eigenvalue weighted by atomic mass is 35.5. The molecule has 0 aromatic heterocycles. The number of benzene rings is 1. The van der Waals surface area contributed by atoms with Crippen molar-refractivity contribution in [2.24, 2.45) is 5.92 Å². The summed E-state index contributed by atoms with van der Waals surface area (Å²) in [5.41, 5.74) is 1.65. The van der Waals surface area contributed by atoms with Crippen molar-refractivity contribution in [2.75, 3.05) is 25.1 Å². The lowest BCUT2D eigenvalue weighted by Crippen LogP contribution is -2.41. The molecule has 1 fully saturated rings. The van der Waals surface area contributed by atoms with Gasteiger partial charge in [0, 0.05) is 16.8 Å². The molecule has 0 spiro atoms. The van der Waals surface area contributed by atoms with Gasteiger partial charge in [-0.15, -0.1) is 0 Å². The van der Waals surface area contributed by atoms with E-state index in [4.69, 9.17) is 16.3 Å². The smallest absolute Gasteiger partial charge is 0.231 e. The Morgan fingerprint density at radius 3 is 3.00 bits per heavy atom. The van der Waals surface area contributed by atoms with E-state index in [0.29, 0.717) is 18.2 Å². The van der Waals surface area contributed by atoms with Gasteiger partial charge < -0.3 is 15.4 Å². The topological polar surface area (TPSA) is 50.4 Å². The van der Waals surface area contributed by atoms with Crippen molar-refractivity contribution in [3.05, 3.63) is 28.8 Å². The third kappa shape index (κ3) is 3.26. The Morgan fingerprint density at radius 1 is 1.47 bits per heavy atom. The molecule has 0 aliphatic carbocycles. The number of carbonyl (C=O) groups excluding carboxylic acids is 1. The molecule has 0 bridgehead atoms. The predicted molar refractivity (Wildman–Crippen MR) is 76.6 cm³/mol. The molecule has 4 nitrogen and oxygen atoms in total. The van der Waals surface area contributed by atoms with Crippen molar-refractivity contribution in [1.29, 1.82) is 0 Å². The van der Waals surface area contributed by atoms with Crippen molar-refractivity contribution < 1.29 is 9.53 Å². The number of amides is 1. The van der Waals surface area contributed by atoms with Crippen LogP contribution in [0.1, 0.15) is 12.5 Å². The molecule has 19 heavy (non-hydrogen) atoms. The standard InChI is InChI=1S/C14H19ClN2O2/c1-3-16-13-8-19-7-10(13)14(18)17-12-6-4-5-11(15)9(12)2/h4-6,10,13,16H,3,7-8H2,1-2H3,(H,17,18). The third-order valence-corrected chi connectivity index (χ3v) is 3.82. The van der Waals surface area contributed by atoms with E-state index in [1.165, 1.54) is 0 Å².